The van der Waals surface area contributed by atoms with Crippen molar-refractivity contribution in [1.82, 2.24) is 19.2 Å². The van der Waals surface area contributed by atoms with E-state index in [2.05, 4.69) is 39.0 Å². The zero-order valence-electron chi connectivity index (χ0n) is 21.2. The van der Waals surface area contributed by atoms with Gasteiger partial charge < -0.3 is 10.2 Å². The SMILES string of the molecule is Cc1ccc(C(=O)Nc2ccc(CN3CCN(C)CC3)c(CF)c2)cc1C#Cc1ncc2ccccn12. The van der Waals surface area contributed by atoms with E-state index in [1.54, 1.807) is 24.4 Å². The van der Waals surface area contributed by atoms with E-state index in [1.807, 2.05) is 53.9 Å². The Balaban J connectivity index is 1.31. The molecule has 0 aliphatic carbocycles. The molecule has 7 heteroatoms. The van der Waals surface area contributed by atoms with Gasteiger partial charge in [-0.25, -0.2) is 9.37 Å². The van der Waals surface area contributed by atoms with E-state index in [1.165, 1.54) is 0 Å². The molecule has 1 N–H and O–H groups in total. The van der Waals surface area contributed by atoms with Crippen LogP contribution in [-0.2, 0) is 13.2 Å². The largest absolute Gasteiger partial charge is 0.322 e. The summed E-state index contributed by atoms with van der Waals surface area (Å²) in [6.45, 7) is 6.07. The molecular formula is C30H30FN5O. The maximum Gasteiger partial charge on any atom is 0.255 e. The first-order chi connectivity index (χ1) is 18.0. The topological polar surface area (TPSA) is 52.9 Å². The van der Waals surface area contributed by atoms with E-state index in [4.69, 9.17) is 0 Å². The minimum absolute atomic E-state index is 0.258. The first-order valence-corrected chi connectivity index (χ1v) is 12.4. The average molecular weight is 496 g/mol. The number of piperazine rings is 1. The van der Waals surface area contributed by atoms with Gasteiger partial charge in [0.05, 0.1) is 11.7 Å². The number of hydrogen-bond donors (Lipinski definition) is 1. The molecule has 0 saturated carbocycles. The number of hydrogen-bond acceptors (Lipinski definition) is 4. The molecule has 0 spiro atoms. The van der Waals surface area contributed by atoms with E-state index in [0.717, 1.165) is 48.4 Å². The lowest BCUT2D eigenvalue weighted by Crippen LogP contribution is -2.44. The average Bonchev–Trinajstić information content (AvgIpc) is 3.33. The number of carbonyl (C=O) groups excluding carboxylic acids is 1. The highest BCUT2D eigenvalue weighted by Gasteiger charge is 2.16. The summed E-state index contributed by atoms with van der Waals surface area (Å²) in [6, 6.07) is 16.8. The lowest BCUT2D eigenvalue weighted by atomic mass is 10.0. The van der Waals surface area contributed by atoms with E-state index >= 15 is 0 Å². The van der Waals surface area contributed by atoms with Crippen molar-refractivity contribution >= 4 is 17.1 Å². The fourth-order valence-electron chi connectivity index (χ4n) is 4.49. The third kappa shape index (κ3) is 5.72. The van der Waals surface area contributed by atoms with Crippen LogP contribution in [0.2, 0.25) is 0 Å². The predicted molar refractivity (Wildman–Crippen MR) is 144 cm³/mol. The van der Waals surface area contributed by atoms with Crippen LogP contribution in [0.5, 0.6) is 0 Å². The quantitative estimate of drug-likeness (QED) is 0.414. The fraction of sp³-hybridized carbons (Fsp3) is 0.267. The number of aryl methyl sites for hydroxylation is 1. The molecule has 0 bridgehead atoms. The summed E-state index contributed by atoms with van der Waals surface area (Å²) in [7, 11) is 2.12. The van der Waals surface area contributed by atoms with E-state index < -0.39 is 6.67 Å². The second-order valence-electron chi connectivity index (χ2n) is 9.51. The van der Waals surface area contributed by atoms with Crippen molar-refractivity contribution < 1.29 is 9.18 Å². The van der Waals surface area contributed by atoms with Crippen LogP contribution in [0.4, 0.5) is 10.1 Å². The van der Waals surface area contributed by atoms with Gasteiger partial charge in [0.25, 0.3) is 5.91 Å². The van der Waals surface area contributed by atoms with Gasteiger partial charge in [-0.3, -0.25) is 14.1 Å². The number of amides is 1. The first kappa shape index (κ1) is 24.7. The zero-order valence-corrected chi connectivity index (χ0v) is 21.2. The smallest absolute Gasteiger partial charge is 0.255 e. The predicted octanol–water partition coefficient (Wildman–Crippen LogP) is 4.51. The Hall–Kier alpha value is -3.99. The van der Waals surface area contributed by atoms with Crippen molar-refractivity contribution in [3.63, 3.8) is 0 Å². The Kier molecular flexibility index (Phi) is 7.31. The number of imidazole rings is 1. The molecule has 1 aliphatic rings. The maximum atomic E-state index is 13.9. The molecule has 2 aromatic carbocycles. The number of alkyl halides is 1. The normalized spacial score (nSPS) is 14.4. The molecule has 2 aromatic heterocycles. The first-order valence-electron chi connectivity index (χ1n) is 12.4. The summed E-state index contributed by atoms with van der Waals surface area (Å²) in [5, 5.41) is 2.92. The highest BCUT2D eigenvalue weighted by Crippen LogP contribution is 2.21. The number of fused-ring (bicyclic) bond motifs is 1. The van der Waals surface area contributed by atoms with Gasteiger partial charge in [-0.15, -0.1) is 0 Å². The van der Waals surface area contributed by atoms with Crippen LogP contribution in [0.15, 0.2) is 67.0 Å². The second-order valence-corrected chi connectivity index (χ2v) is 9.51. The maximum absolute atomic E-state index is 13.9. The number of anilines is 1. The van der Waals surface area contributed by atoms with Gasteiger partial charge in [0, 0.05) is 55.7 Å². The lowest BCUT2D eigenvalue weighted by molar-refractivity contribution is 0.102. The summed E-state index contributed by atoms with van der Waals surface area (Å²) >= 11 is 0. The summed E-state index contributed by atoms with van der Waals surface area (Å²) in [5.74, 6) is 6.66. The molecular weight excluding hydrogens is 465 g/mol. The van der Waals surface area contributed by atoms with Crippen molar-refractivity contribution in [3.8, 4) is 11.8 Å². The van der Waals surface area contributed by atoms with Gasteiger partial charge in [0.2, 0.25) is 0 Å². The number of halogens is 1. The van der Waals surface area contributed by atoms with E-state index in [-0.39, 0.29) is 5.91 Å². The minimum atomic E-state index is -0.570. The van der Waals surface area contributed by atoms with Gasteiger partial charge in [-0.1, -0.05) is 24.1 Å². The molecule has 6 nitrogen and oxygen atoms in total. The molecule has 4 aromatic rings. The zero-order chi connectivity index (χ0) is 25.8. The Labute approximate surface area is 216 Å². The van der Waals surface area contributed by atoms with Crippen molar-refractivity contribution in [2.75, 3.05) is 38.5 Å². The number of rotatable bonds is 5. The summed E-state index contributed by atoms with van der Waals surface area (Å²) in [4.78, 5) is 22.1. The van der Waals surface area contributed by atoms with Gasteiger partial charge >= 0.3 is 0 Å². The van der Waals surface area contributed by atoms with Gasteiger partial charge in [0.1, 0.15) is 6.67 Å². The van der Waals surface area contributed by atoms with Crippen molar-refractivity contribution in [2.24, 2.45) is 0 Å². The molecule has 1 saturated heterocycles. The van der Waals surface area contributed by atoms with Crippen molar-refractivity contribution in [2.45, 2.75) is 20.1 Å². The van der Waals surface area contributed by atoms with Crippen LogP contribution < -0.4 is 5.32 Å². The van der Waals surface area contributed by atoms with Gasteiger partial charge in [-0.05, 0) is 73.0 Å². The summed E-state index contributed by atoms with van der Waals surface area (Å²) in [6.07, 6.45) is 3.70. The monoisotopic (exact) mass is 495 g/mol. The molecule has 188 valence electrons. The van der Waals surface area contributed by atoms with Crippen LogP contribution in [0.3, 0.4) is 0 Å². The van der Waals surface area contributed by atoms with Gasteiger partial charge in [-0.2, -0.15) is 0 Å². The standard InChI is InChI=1S/C30H30FN5O/c1-22-6-7-24(17-23(22)9-11-29-32-20-28-5-3-4-12-36(28)29)30(37)33-27-10-8-25(26(18-27)19-31)21-35-15-13-34(2)14-16-35/h3-8,10,12,17-18,20H,13-16,19,21H2,1-2H3,(H,33,37). The Bertz CT molecular complexity index is 1490. The highest BCUT2D eigenvalue weighted by atomic mass is 19.1. The number of benzene rings is 2. The molecule has 1 fully saturated rings. The van der Waals surface area contributed by atoms with Gasteiger partial charge in [0.15, 0.2) is 5.82 Å². The van der Waals surface area contributed by atoms with Crippen LogP contribution in [-0.4, -0.2) is 58.3 Å². The lowest BCUT2D eigenvalue weighted by Gasteiger charge is -2.32. The van der Waals surface area contributed by atoms with Crippen LogP contribution in [0, 0.1) is 18.8 Å². The summed E-state index contributed by atoms with van der Waals surface area (Å²) < 4.78 is 15.8. The Morgan fingerprint density at radius 1 is 1.03 bits per heavy atom. The van der Waals surface area contributed by atoms with Crippen LogP contribution in [0.1, 0.15) is 38.4 Å². The molecule has 0 unspecified atom stereocenters. The third-order valence-electron chi connectivity index (χ3n) is 6.85. The minimum Gasteiger partial charge on any atom is -0.322 e. The molecule has 1 amide bonds. The highest BCUT2D eigenvalue weighted by molar-refractivity contribution is 6.04. The fourth-order valence-corrected chi connectivity index (χ4v) is 4.49. The van der Waals surface area contributed by atoms with Crippen molar-refractivity contribution in [3.05, 3.63) is 101 Å². The van der Waals surface area contributed by atoms with Crippen molar-refractivity contribution in [1.29, 1.82) is 0 Å². The van der Waals surface area contributed by atoms with E-state index in [0.29, 0.717) is 29.2 Å². The molecule has 0 atom stereocenters. The van der Waals surface area contributed by atoms with E-state index in [9.17, 15) is 9.18 Å². The number of likely N-dealkylation sites (N-methyl/N-ethyl adjacent to an activating group) is 1. The number of nitrogens with zero attached hydrogens (tertiary/aromatic N) is 4. The summed E-state index contributed by atoms with van der Waals surface area (Å²) in [5.41, 5.74) is 5.34. The van der Waals surface area contributed by atoms with Crippen LogP contribution in [0.25, 0.3) is 5.52 Å². The molecule has 5 rings (SSSR count). The molecule has 37 heavy (non-hydrogen) atoms. The number of nitrogens with one attached hydrogen (secondary N) is 1. The molecule has 0 radical (unpaired) electrons. The molecule has 3 heterocycles. The van der Waals surface area contributed by atoms with Crippen LogP contribution >= 0.6 is 0 Å². The number of pyridine rings is 1. The third-order valence-corrected chi connectivity index (χ3v) is 6.85. The number of aromatic nitrogens is 2. The second kappa shape index (κ2) is 11.0. The Morgan fingerprint density at radius 3 is 2.68 bits per heavy atom. The number of carbonyl (C=O) groups is 1. The Morgan fingerprint density at radius 2 is 1.86 bits per heavy atom. The molecule has 1 aliphatic heterocycles.